The first-order chi connectivity index (χ1) is 15.8. The molecular weight excluding hydrogens is 486 g/mol. The Morgan fingerprint density at radius 3 is 1.74 bits per heavy atom. The van der Waals surface area contributed by atoms with Crippen molar-refractivity contribution < 1.29 is 35.5 Å². The third-order valence-electron chi connectivity index (χ3n) is 5.49. The number of carbonyl (C=O) groups excluding carboxylic acids is 2. The van der Waals surface area contributed by atoms with Gasteiger partial charge in [-0.15, -0.1) is 0 Å². The largest absolute Gasteiger partial charge is 0.397 e. The molecule has 0 unspecified atom stereocenters. The van der Waals surface area contributed by atoms with Gasteiger partial charge >= 0.3 is 0 Å². The first kappa shape index (κ1) is 23.5. The third kappa shape index (κ3) is 3.46. The highest BCUT2D eigenvalue weighted by atomic mass is 32.2. The Bertz CT molecular complexity index is 1640. The molecule has 0 saturated heterocycles. The normalized spacial score (nSPS) is 13.5. The Morgan fingerprint density at radius 1 is 0.706 bits per heavy atom. The van der Waals surface area contributed by atoms with Crippen molar-refractivity contribution in [3.63, 3.8) is 0 Å². The number of carbonyl (C=O) groups is 2. The van der Waals surface area contributed by atoms with E-state index in [1.807, 2.05) is 0 Å². The molecule has 0 radical (unpaired) electrons. The number of hydrogen-bond donors (Lipinski definition) is 5. The molecule has 8 N–H and O–H groups in total. The zero-order valence-corrected chi connectivity index (χ0v) is 18.8. The number of anilines is 2. The highest BCUT2D eigenvalue weighted by Crippen LogP contribution is 2.46. The number of nitrogen functional groups attached to an aromatic ring is 2. The van der Waals surface area contributed by atoms with Gasteiger partial charge in [0.15, 0.2) is 11.6 Å². The van der Waals surface area contributed by atoms with E-state index in [-0.39, 0.29) is 28.8 Å². The SMILES string of the molecule is NCc1ccc(-c2c(N)c(S(=O)(=O)O)c(N)c3c2C(=O)c2ccccc2C3=O)c(S(=O)(=O)O)c1. The van der Waals surface area contributed by atoms with Crippen LogP contribution in [-0.2, 0) is 26.8 Å². The van der Waals surface area contributed by atoms with Crippen LogP contribution in [0.3, 0.4) is 0 Å². The van der Waals surface area contributed by atoms with Crippen molar-refractivity contribution in [3.8, 4) is 11.1 Å². The van der Waals surface area contributed by atoms with Crippen LogP contribution in [0.15, 0.2) is 52.3 Å². The van der Waals surface area contributed by atoms with Gasteiger partial charge in [-0.1, -0.05) is 36.4 Å². The molecule has 34 heavy (non-hydrogen) atoms. The lowest BCUT2D eigenvalue weighted by molar-refractivity contribution is 0.0980. The van der Waals surface area contributed by atoms with Gasteiger partial charge in [0.1, 0.15) is 9.79 Å². The maximum absolute atomic E-state index is 13.5. The Kier molecular flexibility index (Phi) is 5.34. The third-order valence-corrected chi connectivity index (χ3v) is 7.33. The molecule has 0 atom stereocenters. The van der Waals surface area contributed by atoms with Crippen LogP contribution in [0.2, 0.25) is 0 Å². The van der Waals surface area contributed by atoms with Gasteiger partial charge < -0.3 is 17.2 Å². The first-order valence-corrected chi connectivity index (χ1v) is 12.4. The summed E-state index contributed by atoms with van der Waals surface area (Å²) >= 11 is 0. The van der Waals surface area contributed by atoms with E-state index >= 15 is 0 Å². The smallest absolute Gasteiger partial charge is 0.298 e. The average molecular weight is 504 g/mol. The topological polar surface area (TPSA) is 221 Å². The predicted octanol–water partition coefficient (Wildman–Crippen LogP) is 1.25. The lowest BCUT2D eigenvalue weighted by Gasteiger charge is -2.25. The van der Waals surface area contributed by atoms with Gasteiger partial charge in [-0.05, 0) is 11.6 Å². The van der Waals surface area contributed by atoms with E-state index in [0.29, 0.717) is 0 Å². The maximum Gasteiger partial charge on any atom is 0.298 e. The van der Waals surface area contributed by atoms with Gasteiger partial charge in [0.2, 0.25) is 0 Å². The molecule has 0 saturated carbocycles. The van der Waals surface area contributed by atoms with E-state index in [4.69, 9.17) is 17.2 Å². The lowest BCUT2D eigenvalue weighted by Crippen LogP contribution is -2.26. The number of nitrogens with two attached hydrogens (primary N) is 3. The summed E-state index contributed by atoms with van der Waals surface area (Å²) in [5.74, 6) is -1.62. The Morgan fingerprint density at radius 2 is 1.24 bits per heavy atom. The summed E-state index contributed by atoms with van der Waals surface area (Å²) in [5.41, 5.74) is 14.3. The van der Waals surface area contributed by atoms with Crippen LogP contribution in [0, 0.1) is 0 Å². The van der Waals surface area contributed by atoms with Crippen molar-refractivity contribution in [1.29, 1.82) is 0 Å². The van der Waals surface area contributed by atoms with Gasteiger partial charge in [-0.25, -0.2) is 0 Å². The Labute approximate surface area is 193 Å². The molecule has 13 heteroatoms. The van der Waals surface area contributed by atoms with Crippen LogP contribution in [-0.4, -0.2) is 37.5 Å². The van der Waals surface area contributed by atoms with Crippen LogP contribution in [0.5, 0.6) is 0 Å². The summed E-state index contributed by atoms with van der Waals surface area (Å²) in [7, 11) is -10.1. The van der Waals surface area contributed by atoms with Gasteiger partial charge in [-0.2, -0.15) is 16.8 Å². The van der Waals surface area contributed by atoms with Crippen LogP contribution in [0.25, 0.3) is 11.1 Å². The Hall–Kier alpha value is -3.62. The molecule has 3 aromatic carbocycles. The summed E-state index contributed by atoms with van der Waals surface area (Å²) in [6, 6.07) is 9.20. The fourth-order valence-electron chi connectivity index (χ4n) is 4.05. The molecule has 0 amide bonds. The van der Waals surface area contributed by atoms with Crippen molar-refractivity contribution in [1.82, 2.24) is 0 Å². The van der Waals surface area contributed by atoms with Crippen molar-refractivity contribution in [2.45, 2.75) is 16.3 Å². The second-order valence-electron chi connectivity index (χ2n) is 7.47. The molecule has 1 aliphatic carbocycles. The zero-order valence-electron chi connectivity index (χ0n) is 17.1. The molecule has 0 fully saturated rings. The molecule has 0 bridgehead atoms. The molecule has 4 rings (SSSR count). The minimum Gasteiger partial charge on any atom is -0.397 e. The molecule has 11 nitrogen and oxygen atoms in total. The molecule has 176 valence electrons. The van der Waals surface area contributed by atoms with Gasteiger partial charge in [0.25, 0.3) is 20.2 Å². The zero-order chi connectivity index (χ0) is 25.2. The summed E-state index contributed by atoms with van der Waals surface area (Å²) < 4.78 is 68.4. The minimum atomic E-state index is -5.15. The highest BCUT2D eigenvalue weighted by Gasteiger charge is 2.39. The fourth-order valence-corrected chi connectivity index (χ4v) is 5.56. The second-order valence-corrected chi connectivity index (χ2v) is 10.2. The second kappa shape index (κ2) is 7.72. The van der Waals surface area contributed by atoms with Crippen LogP contribution in [0.4, 0.5) is 11.4 Å². The van der Waals surface area contributed by atoms with E-state index < -0.39 is 69.7 Å². The molecule has 0 spiro atoms. The summed E-state index contributed by atoms with van der Waals surface area (Å²) in [6.07, 6.45) is 0. The highest BCUT2D eigenvalue weighted by molar-refractivity contribution is 7.86. The number of rotatable bonds is 4. The Balaban J connectivity index is 2.28. The van der Waals surface area contributed by atoms with Crippen molar-refractivity contribution in [2.75, 3.05) is 11.5 Å². The van der Waals surface area contributed by atoms with E-state index in [0.717, 1.165) is 12.1 Å². The van der Waals surface area contributed by atoms with Crippen molar-refractivity contribution >= 4 is 43.2 Å². The maximum atomic E-state index is 13.5. The predicted molar refractivity (Wildman–Crippen MR) is 122 cm³/mol. The molecular formula is C21H17N3O8S2. The molecule has 0 heterocycles. The summed E-state index contributed by atoms with van der Waals surface area (Å²) in [6.45, 7) is -0.112. The number of ketones is 2. The van der Waals surface area contributed by atoms with Crippen LogP contribution in [0.1, 0.15) is 37.4 Å². The molecule has 1 aliphatic rings. The minimum absolute atomic E-state index is 0.0494. The molecule has 3 aromatic rings. The van der Waals surface area contributed by atoms with Crippen LogP contribution < -0.4 is 17.2 Å². The molecule has 0 aliphatic heterocycles. The molecule has 0 aromatic heterocycles. The van der Waals surface area contributed by atoms with E-state index in [2.05, 4.69) is 0 Å². The summed E-state index contributed by atoms with van der Waals surface area (Å²) in [5, 5.41) is 0. The first-order valence-electron chi connectivity index (χ1n) is 9.50. The number of benzene rings is 3. The van der Waals surface area contributed by atoms with Crippen molar-refractivity contribution in [2.24, 2.45) is 5.73 Å². The monoisotopic (exact) mass is 503 g/mol. The standard InChI is InChI=1S/C21H17N3O8S2/c22-8-9-5-6-12(13(7-9)33(27,28)29)14-15-16(18(24)21(17(14)23)34(30,31)32)20(26)11-4-2-1-3-10(11)19(15)25/h1-7H,8,22-24H2,(H,27,28,29)(H,30,31,32). The van der Waals surface area contributed by atoms with Crippen molar-refractivity contribution in [3.05, 3.63) is 70.3 Å². The lowest BCUT2D eigenvalue weighted by atomic mass is 9.79. The average Bonchev–Trinajstić information content (AvgIpc) is 2.75. The fraction of sp³-hybridized carbons (Fsp3) is 0.0476. The van der Waals surface area contributed by atoms with E-state index in [9.17, 15) is 35.5 Å². The van der Waals surface area contributed by atoms with E-state index in [1.54, 1.807) is 0 Å². The van der Waals surface area contributed by atoms with Gasteiger partial charge in [0.05, 0.1) is 16.9 Å². The number of hydrogen-bond acceptors (Lipinski definition) is 9. The quantitative estimate of drug-likeness (QED) is 0.197. The van der Waals surface area contributed by atoms with Gasteiger partial charge in [-0.3, -0.25) is 18.7 Å². The van der Waals surface area contributed by atoms with Crippen LogP contribution >= 0.6 is 0 Å². The summed E-state index contributed by atoms with van der Waals surface area (Å²) in [4.78, 5) is 25.0. The van der Waals surface area contributed by atoms with Gasteiger partial charge in [0, 0.05) is 34.4 Å². The number of fused-ring (bicyclic) bond motifs is 2. The van der Waals surface area contributed by atoms with E-state index in [1.165, 1.54) is 30.3 Å².